The van der Waals surface area contributed by atoms with Gasteiger partial charge in [-0.1, -0.05) is 0 Å². The zero-order chi connectivity index (χ0) is 15.0. The Morgan fingerprint density at radius 2 is 2.10 bits per heavy atom. The SMILES string of the molecule is CC1CN(CC(N)=O)CC(C)N1c1ncnc2sccc12. The number of piperazine rings is 1. The van der Waals surface area contributed by atoms with E-state index in [1.54, 1.807) is 17.7 Å². The normalized spacial score (nSPS) is 23.6. The fraction of sp³-hybridized carbons (Fsp3) is 0.500. The molecule has 21 heavy (non-hydrogen) atoms. The summed E-state index contributed by atoms with van der Waals surface area (Å²) in [5, 5.41) is 3.14. The molecule has 2 N–H and O–H groups in total. The van der Waals surface area contributed by atoms with Crippen LogP contribution in [0.2, 0.25) is 0 Å². The summed E-state index contributed by atoms with van der Waals surface area (Å²) in [5.74, 6) is 0.713. The predicted octanol–water partition coefficient (Wildman–Crippen LogP) is 1.08. The first-order chi connectivity index (χ1) is 10.1. The van der Waals surface area contributed by atoms with Crippen molar-refractivity contribution in [3.8, 4) is 0 Å². The zero-order valence-corrected chi connectivity index (χ0v) is 13.0. The molecule has 0 aliphatic carbocycles. The Labute approximate surface area is 127 Å². The van der Waals surface area contributed by atoms with Crippen molar-refractivity contribution in [1.29, 1.82) is 0 Å². The third kappa shape index (κ3) is 2.71. The second-order valence-electron chi connectivity index (χ2n) is 5.60. The summed E-state index contributed by atoms with van der Waals surface area (Å²) in [6.07, 6.45) is 1.63. The van der Waals surface area contributed by atoms with Crippen LogP contribution in [0.3, 0.4) is 0 Å². The van der Waals surface area contributed by atoms with Crippen LogP contribution in [0.25, 0.3) is 10.2 Å². The van der Waals surface area contributed by atoms with E-state index in [2.05, 4.69) is 39.7 Å². The molecule has 1 aliphatic rings. The van der Waals surface area contributed by atoms with Crippen molar-refractivity contribution in [3.05, 3.63) is 17.8 Å². The summed E-state index contributed by atoms with van der Waals surface area (Å²) >= 11 is 1.63. The molecular formula is C14H19N5OS. The maximum atomic E-state index is 11.1. The quantitative estimate of drug-likeness (QED) is 0.918. The van der Waals surface area contributed by atoms with Gasteiger partial charge in [0, 0.05) is 25.2 Å². The standard InChI is InChI=1S/C14H19N5OS/c1-9-5-18(7-12(15)20)6-10(2)19(9)13-11-3-4-21-14(11)17-8-16-13/h3-4,8-10H,5-7H2,1-2H3,(H2,15,20). The minimum absolute atomic E-state index is 0.270. The number of thiophene rings is 1. The van der Waals surface area contributed by atoms with Gasteiger partial charge in [-0.25, -0.2) is 9.97 Å². The monoisotopic (exact) mass is 305 g/mol. The summed E-state index contributed by atoms with van der Waals surface area (Å²) in [6, 6.07) is 2.61. The first-order valence-corrected chi connectivity index (χ1v) is 7.91. The lowest BCUT2D eigenvalue weighted by molar-refractivity contribution is -0.119. The van der Waals surface area contributed by atoms with Crippen LogP contribution in [0.5, 0.6) is 0 Å². The van der Waals surface area contributed by atoms with E-state index in [1.165, 1.54) is 0 Å². The Kier molecular flexibility index (Phi) is 3.77. The Hall–Kier alpha value is -1.73. The molecule has 0 spiro atoms. The van der Waals surface area contributed by atoms with Gasteiger partial charge in [-0.05, 0) is 25.3 Å². The van der Waals surface area contributed by atoms with Gasteiger partial charge in [-0.2, -0.15) is 0 Å². The van der Waals surface area contributed by atoms with E-state index >= 15 is 0 Å². The van der Waals surface area contributed by atoms with Crippen LogP contribution in [-0.4, -0.2) is 52.5 Å². The molecule has 2 atom stereocenters. The number of primary amides is 1. The lowest BCUT2D eigenvalue weighted by atomic mass is 10.1. The number of fused-ring (bicyclic) bond motifs is 1. The van der Waals surface area contributed by atoms with Gasteiger partial charge < -0.3 is 10.6 Å². The lowest BCUT2D eigenvalue weighted by Crippen LogP contribution is -2.58. The first kappa shape index (κ1) is 14.2. The van der Waals surface area contributed by atoms with Crippen LogP contribution in [0.1, 0.15) is 13.8 Å². The number of carbonyl (C=O) groups is 1. The highest BCUT2D eigenvalue weighted by Crippen LogP contribution is 2.31. The summed E-state index contributed by atoms with van der Waals surface area (Å²) in [5.41, 5.74) is 5.31. The topological polar surface area (TPSA) is 75.3 Å². The molecule has 112 valence electrons. The Bertz CT molecular complexity index is 646. The molecule has 1 saturated heterocycles. The summed E-state index contributed by atoms with van der Waals surface area (Å²) < 4.78 is 0. The number of rotatable bonds is 3. The summed E-state index contributed by atoms with van der Waals surface area (Å²) in [4.78, 5) is 25.4. The number of amides is 1. The molecular weight excluding hydrogens is 286 g/mol. The van der Waals surface area contributed by atoms with Gasteiger partial charge in [0.2, 0.25) is 5.91 Å². The summed E-state index contributed by atoms with van der Waals surface area (Å²) in [7, 11) is 0. The van der Waals surface area contributed by atoms with E-state index in [0.717, 1.165) is 29.1 Å². The minimum atomic E-state index is -0.273. The van der Waals surface area contributed by atoms with Gasteiger partial charge in [0.1, 0.15) is 17.0 Å². The van der Waals surface area contributed by atoms with Crippen LogP contribution in [0.4, 0.5) is 5.82 Å². The number of aromatic nitrogens is 2. The number of hydrogen-bond donors (Lipinski definition) is 1. The largest absolute Gasteiger partial charge is 0.369 e. The Morgan fingerprint density at radius 3 is 2.76 bits per heavy atom. The van der Waals surface area contributed by atoms with Crippen molar-refractivity contribution in [3.63, 3.8) is 0 Å². The molecule has 0 bridgehead atoms. The predicted molar refractivity (Wildman–Crippen MR) is 84.5 cm³/mol. The van der Waals surface area contributed by atoms with E-state index < -0.39 is 0 Å². The maximum absolute atomic E-state index is 11.1. The molecule has 0 radical (unpaired) electrons. The van der Waals surface area contributed by atoms with Gasteiger partial charge in [-0.15, -0.1) is 11.3 Å². The van der Waals surface area contributed by atoms with Crippen LogP contribution in [0, 0.1) is 0 Å². The van der Waals surface area contributed by atoms with Crippen molar-refractivity contribution in [2.24, 2.45) is 5.73 Å². The molecule has 1 amide bonds. The highest BCUT2D eigenvalue weighted by Gasteiger charge is 2.31. The highest BCUT2D eigenvalue weighted by atomic mass is 32.1. The molecule has 0 aromatic carbocycles. The molecule has 2 aromatic rings. The second kappa shape index (κ2) is 5.57. The average molecular weight is 305 g/mol. The molecule has 7 heteroatoms. The first-order valence-electron chi connectivity index (χ1n) is 7.03. The van der Waals surface area contributed by atoms with Crippen LogP contribution < -0.4 is 10.6 Å². The van der Waals surface area contributed by atoms with Crippen molar-refractivity contribution in [1.82, 2.24) is 14.9 Å². The summed E-state index contributed by atoms with van der Waals surface area (Å²) in [6.45, 7) is 6.25. The molecule has 2 unspecified atom stereocenters. The molecule has 3 heterocycles. The third-order valence-electron chi connectivity index (χ3n) is 3.86. The second-order valence-corrected chi connectivity index (χ2v) is 6.50. The van der Waals surface area contributed by atoms with Crippen molar-refractivity contribution in [2.75, 3.05) is 24.5 Å². The number of nitrogens with zero attached hydrogens (tertiary/aromatic N) is 4. The smallest absolute Gasteiger partial charge is 0.231 e. The fourth-order valence-electron chi connectivity index (χ4n) is 3.18. The number of hydrogen-bond acceptors (Lipinski definition) is 6. The van der Waals surface area contributed by atoms with Crippen molar-refractivity contribution >= 4 is 33.3 Å². The number of anilines is 1. The average Bonchev–Trinajstić information content (AvgIpc) is 2.86. The zero-order valence-electron chi connectivity index (χ0n) is 12.2. The molecule has 2 aromatic heterocycles. The van der Waals surface area contributed by atoms with Gasteiger partial charge >= 0.3 is 0 Å². The van der Waals surface area contributed by atoms with Crippen molar-refractivity contribution in [2.45, 2.75) is 25.9 Å². The van der Waals surface area contributed by atoms with E-state index in [1.807, 2.05) is 5.38 Å². The number of carbonyl (C=O) groups excluding carboxylic acids is 1. The fourth-order valence-corrected chi connectivity index (χ4v) is 3.91. The third-order valence-corrected chi connectivity index (χ3v) is 4.68. The maximum Gasteiger partial charge on any atom is 0.231 e. The van der Waals surface area contributed by atoms with Crippen LogP contribution >= 0.6 is 11.3 Å². The van der Waals surface area contributed by atoms with E-state index in [0.29, 0.717) is 6.54 Å². The van der Waals surface area contributed by atoms with E-state index in [-0.39, 0.29) is 18.0 Å². The molecule has 1 aliphatic heterocycles. The van der Waals surface area contributed by atoms with E-state index in [4.69, 9.17) is 5.73 Å². The van der Waals surface area contributed by atoms with Gasteiger partial charge in [0.15, 0.2) is 0 Å². The highest BCUT2D eigenvalue weighted by molar-refractivity contribution is 7.16. The Morgan fingerprint density at radius 1 is 1.38 bits per heavy atom. The molecule has 6 nitrogen and oxygen atoms in total. The minimum Gasteiger partial charge on any atom is -0.369 e. The van der Waals surface area contributed by atoms with Crippen LogP contribution in [0.15, 0.2) is 17.8 Å². The molecule has 0 saturated carbocycles. The van der Waals surface area contributed by atoms with E-state index in [9.17, 15) is 4.79 Å². The van der Waals surface area contributed by atoms with Crippen LogP contribution in [-0.2, 0) is 4.79 Å². The number of nitrogens with two attached hydrogens (primary N) is 1. The lowest BCUT2D eigenvalue weighted by Gasteiger charge is -2.45. The molecule has 1 fully saturated rings. The van der Waals surface area contributed by atoms with Gasteiger partial charge in [0.25, 0.3) is 0 Å². The molecule has 3 rings (SSSR count). The Balaban J connectivity index is 1.89. The van der Waals surface area contributed by atoms with Gasteiger partial charge in [0.05, 0.1) is 11.9 Å². The van der Waals surface area contributed by atoms with Gasteiger partial charge in [-0.3, -0.25) is 9.69 Å². The van der Waals surface area contributed by atoms with Crippen molar-refractivity contribution < 1.29 is 4.79 Å².